The van der Waals surface area contributed by atoms with E-state index in [2.05, 4.69) is 15.9 Å². The van der Waals surface area contributed by atoms with Gasteiger partial charge in [0.05, 0.1) is 16.5 Å². The van der Waals surface area contributed by atoms with Gasteiger partial charge in [-0.25, -0.2) is 0 Å². The van der Waals surface area contributed by atoms with Gasteiger partial charge in [-0.2, -0.15) is 0 Å². The molecule has 0 heterocycles. The third kappa shape index (κ3) is 5.41. The fourth-order valence-electron chi connectivity index (χ4n) is 1.55. The molecule has 1 rings (SSSR count). The molecular weight excluding hydrogens is 332 g/mol. The number of hydrogen-bond acceptors (Lipinski definition) is 2. The third-order valence-corrected chi connectivity index (χ3v) is 3.78. The van der Waals surface area contributed by atoms with E-state index in [1.165, 1.54) is 0 Å². The molecular formula is C14H18BrClO3. The van der Waals surface area contributed by atoms with Crippen LogP contribution in [-0.2, 0) is 4.79 Å². The van der Waals surface area contributed by atoms with Crippen molar-refractivity contribution in [3.63, 3.8) is 0 Å². The molecule has 0 amide bonds. The Bertz CT molecular complexity index is 446. The minimum absolute atomic E-state index is 0.565. The van der Waals surface area contributed by atoms with Gasteiger partial charge in [-0.15, -0.1) is 0 Å². The lowest BCUT2D eigenvalue weighted by atomic mass is 9.87. The Morgan fingerprint density at radius 2 is 2.11 bits per heavy atom. The van der Waals surface area contributed by atoms with Crippen molar-refractivity contribution in [1.82, 2.24) is 0 Å². The molecule has 0 saturated carbocycles. The number of aliphatic carboxylic acids is 1. The average Bonchev–Trinajstić information content (AvgIpc) is 2.31. The van der Waals surface area contributed by atoms with Gasteiger partial charge >= 0.3 is 5.97 Å². The molecule has 1 aromatic rings. The van der Waals surface area contributed by atoms with Crippen molar-refractivity contribution in [1.29, 1.82) is 0 Å². The van der Waals surface area contributed by atoms with Crippen LogP contribution in [0.1, 0.15) is 33.1 Å². The van der Waals surface area contributed by atoms with E-state index in [0.29, 0.717) is 18.1 Å². The van der Waals surface area contributed by atoms with E-state index in [0.717, 1.165) is 23.1 Å². The van der Waals surface area contributed by atoms with Gasteiger partial charge in [-0.1, -0.05) is 11.6 Å². The molecule has 1 N–H and O–H groups in total. The molecule has 0 saturated heterocycles. The predicted molar refractivity (Wildman–Crippen MR) is 79.9 cm³/mol. The van der Waals surface area contributed by atoms with Gasteiger partial charge in [0.25, 0.3) is 0 Å². The SMILES string of the molecule is CC(C)(CCCCOc1ccc(Cl)cc1Br)C(=O)O. The van der Waals surface area contributed by atoms with Crippen LogP contribution >= 0.6 is 27.5 Å². The number of unbranched alkanes of at least 4 members (excludes halogenated alkanes) is 1. The molecule has 0 radical (unpaired) electrons. The van der Waals surface area contributed by atoms with Crippen molar-refractivity contribution >= 4 is 33.5 Å². The van der Waals surface area contributed by atoms with Crippen LogP contribution in [-0.4, -0.2) is 17.7 Å². The maximum Gasteiger partial charge on any atom is 0.309 e. The van der Waals surface area contributed by atoms with Crippen LogP contribution in [0, 0.1) is 5.41 Å². The van der Waals surface area contributed by atoms with Crippen LogP contribution in [0.15, 0.2) is 22.7 Å². The van der Waals surface area contributed by atoms with Crippen LogP contribution in [0.3, 0.4) is 0 Å². The number of ether oxygens (including phenoxy) is 1. The van der Waals surface area contributed by atoms with Crippen molar-refractivity contribution in [2.75, 3.05) is 6.61 Å². The fourth-order valence-corrected chi connectivity index (χ4v) is 2.35. The first kappa shape index (κ1) is 16.3. The van der Waals surface area contributed by atoms with Gasteiger partial charge in [0, 0.05) is 5.02 Å². The second-order valence-corrected chi connectivity index (χ2v) is 6.36. The largest absolute Gasteiger partial charge is 0.492 e. The van der Waals surface area contributed by atoms with Crippen LogP contribution in [0.2, 0.25) is 5.02 Å². The van der Waals surface area contributed by atoms with E-state index in [4.69, 9.17) is 21.4 Å². The van der Waals surface area contributed by atoms with Crippen molar-refractivity contribution in [2.45, 2.75) is 33.1 Å². The number of carboxylic acid groups (broad SMARTS) is 1. The zero-order chi connectivity index (χ0) is 14.5. The van der Waals surface area contributed by atoms with Crippen molar-refractivity contribution < 1.29 is 14.6 Å². The molecule has 3 nitrogen and oxygen atoms in total. The molecule has 0 spiro atoms. The highest BCUT2D eigenvalue weighted by Crippen LogP contribution is 2.28. The summed E-state index contributed by atoms with van der Waals surface area (Å²) in [6.07, 6.45) is 2.30. The first-order valence-corrected chi connectivity index (χ1v) is 7.31. The minimum Gasteiger partial charge on any atom is -0.492 e. The molecule has 0 aliphatic carbocycles. The van der Waals surface area contributed by atoms with Crippen LogP contribution in [0.5, 0.6) is 5.75 Å². The maximum atomic E-state index is 10.9. The zero-order valence-corrected chi connectivity index (χ0v) is 13.4. The van der Waals surface area contributed by atoms with Crippen molar-refractivity contribution in [3.05, 3.63) is 27.7 Å². The summed E-state index contributed by atoms with van der Waals surface area (Å²) in [6.45, 7) is 4.05. The molecule has 106 valence electrons. The molecule has 1 aromatic carbocycles. The Kier molecular flexibility index (Phi) is 6.14. The smallest absolute Gasteiger partial charge is 0.309 e. The van der Waals surface area contributed by atoms with Gasteiger partial charge in [-0.05, 0) is 67.2 Å². The number of hydrogen-bond donors (Lipinski definition) is 1. The molecule has 19 heavy (non-hydrogen) atoms. The highest BCUT2D eigenvalue weighted by atomic mass is 79.9. The maximum absolute atomic E-state index is 10.9. The Morgan fingerprint density at radius 3 is 2.68 bits per heavy atom. The highest BCUT2D eigenvalue weighted by Gasteiger charge is 2.25. The Morgan fingerprint density at radius 1 is 1.42 bits per heavy atom. The summed E-state index contributed by atoms with van der Waals surface area (Å²) in [6, 6.07) is 5.37. The summed E-state index contributed by atoms with van der Waals surface area (Å²) in [5, 5.41) is 9.64. The summed E-state index contributed by atoms with van der Waals surface area (Å²) in [4.78, 5) is 10.9. The number of halogens is 2. The average molecular weight is 350 g/mol. The number of benzene rings is 1. The summed E-state index contributed by atoms with van der Waals surface area (Å²) in [7, 11) is 0. The van der Waals surface area contributed by atoms with Gasteiger partial charge in [0.1, 0.15) is 5.75 Å². The van der Waals surface area contributed by atoms with E-state index in [9.17, 15) is 4.79 Å². The van der Waals surface area contributed by atoms with E-state index >= 15 is 0 Å². The van der Waals surface area contributed by atoms with Crippen LogP contribution in [0.4, 0.5) is 0 Å². The Balaban J connectivity index is 2.30. The number of carbonyl (C=O) groups is 1. The molecule has 0 atom stereocenters. The van der Waals surface area contributed by atoms with Gasteiger partial charge in [0.15, 0.2) is 0 Å². The summed E-state index contributed by atoms with van der Waals surface area (Å²) < 4.78 is 6.44. The topological polar surface area (TPSA) is 46.5 Å². The van der Waals surface area contributed by atoms with Crippen molar-refractivity contribution in [2.24, 2.45) is 5.41 Å². The summed E-state index contributed by atoms with van der Waals surface area (Å²) in [5.41, 5.74) is -0.666. The van der Waals surface area contributed by atoms with Crippen molar-refractivity contribution in [3.8, 4) is 5.75 Å². The zero-order valence-electron chi connectivity index (χ0n) is 11.1. The number of carboxylic acids is 1. The molecule has 0 unspecified atom stereocenters. The van der Waals surface area contributed by atoms with Gasteiger partial charge < -0.3 is 9.84 Å². The van der Waals surface area contributed by atoms with Gasteiger partial charge in [-0.3, -0.25) is 4.79 Å². The van der Waals surface area contributed by atoms with E-state index in [1.54, 1.807) is 26.0 Å². The highest BCUT2D eigenvalue weighted by molar-refractivity contribution is 9.10. The van der Waals surface area contributed by atoms with Gasteiger partial charge in [0.2, 0.25) is 0 Å². The third-order valence-electron chi connectivity index (χ3n) is 2.93. The Hall–Kier alpha value is -0.740. The molecule has 0 fully saturated rings. The quantitative estimate of drug-likeness (QED) is 0.722. The second-order valence-electron chi connectivity index (χ2n) is 5.07. The number of rotatable bonds is 7. The molecule has 0 aliphatic rings. The fraction of sp³-hybridized carbons (Fsp3) is 0.500. The first-order valence-electron chi connectivity index (χ1n) is 6.14. The monoisotopic (exact) mass is 348 g/mol. The molecule has 0 bridgehead atoms. The van der Waals surface area contributed by atoms with Crippen LogP contribution < -0.4 is 4.74 Å². The van der Waals surface area contributed by atoms with E-state index in [-0.39, 0.29) is 0 Å². The first-order chi connectivity index (χ1) is 8.83. The molecule has 5 heteroatoms. The molecule has 0 aromatic heterocycles. The van der Waals surface area contributed by atoms with E-state index < -0.39 is 11.4 Å². The van der Waals surface area contributed by atoms with Crippen LogP contribution in [0.25, 0.3) is 0 Å². The van der Waals surface area contributed by atoms with E-state index in [1.807, 2.05) is 6.07 Å². The lowest BCUT2D eigenvalue weighted by Gasteiger charge is -2.18. The normalized spacial score (nSPS) is 11.4. The molecule has 0 aliphatic heterocycles. The summed E-state index contributed by atoms with van der Waals surface area (Å²) in [5.74, 6) is -0.00393. The standard InChI is InChI=1S/C14H18BrClO3/c1-14(2,13(17)18)7-3-4-8-19-12-6-5-10(16)9-11(12)15/h5-6,9H,3-4,7-8H2,1-2H3,(H,17,18). The Labute approximate surface area is 127 Å². The lowest BCUT2D eigenvalue weighted by molar-refractivity contribution is -0.147. The summed E-state index contributed by atoms with van der Waals surface area (Å²) >= 11 is 9.22. The second kappa shape index (κ2) is 7.15. The predicted octanol–water partition coefficient (Wildman–Crippen LogP) is 4.76. The minimum atomic E-state index is -0.756. The lowest BCUT2D eigenvalue weighted by Crippen LogP contribution is -2.23.